The summed E-state index contributed by atoms with van der Waals surface area (Å²) in [4.78, 5) is 14.6. The highest BCUT2D eigenvalue weighted by Gasteiger charge is 2.28. The summed E-state index contributed by atoms with van der Waals surface area (Å²) in [7, 11) is -0.759. The SMILES string of the molecule is COP(=O)(CC(=O)CN(Cc1ccccc1)C(C)c1ccccc1)OC. The first kappa shape index (κ1) is 20.5. The third-order valence-corrected chi connectivity index (χ3v) is 6.22. The van der Waals surface area contributed by atoms with Crippen LogP contribution in [0.3, 0.4) is 0 Å². The van der Waals surface area contributed by atoms with E-state index in [1.165, 1.54) is 14.2 Å². The molecule has 5 nitrogen and oxygen atoms in total. The van der Waals surface area contributed by atoms with Gasteiger partial charge in [0.2, 0.25) is 0 Å². The molecule has 1 atom stereocenters. The highest BCUT2D eigenvalue weighted by atomic mass is 31.2. The highest BCUT2D eigenvalue weighted by Crippen LogP contribution is 2.46. The maximum absolute atomic E-state index is 12.5. The molecule has 0 aliphatic heterocycles. The smallest absolute Gasteiger partial charge is 0.312 e. The Morgan fingerprint density at radius 3 is 2.08 bits per heavy atom. The highest BCUT2D eigenvalue weighted by molar-refractivity contribution is 7.54. The van der Waals surface area contributed by atoms with Gasteiger partial charge in [0.25, 0.3) is 0 Å². The molecule has 2 aromatic carbocycles. The van der Waals surface area contributed by atoms with Gasteiger partial charge in [0, 0.05) is 26.8 Å². The number of hydrogen-bond donors (Lipinski definition) is 0. The second-order valence-corrected chi connectivity index (χ2v) is 8.42. The van der Waals surface area contributed by atoms with Crippen molar-refractivity contribution in [1.29, 1.82) is 0 Å². The molecule has 0 fully saturated rings. The zero-order chi connectivity index (χ0) is 19.0. The first-order valence-electron chi connectivity index (χ1n) is 8.52. The van der Waals surface area contributed by atoms with E-state index in [0.29, 0.717) is 6.54 Å². The Balaban J connectivity index is 2.17. The molecule has 26 heavy (non-hydrogen) atoms. The van der Waals surface area contributed by atoms with E-state index in [1.807, 2.05) is 60.7 Å². The number of rotatable bonds is 10. The molecule has 0 radical (unpaired) electrons. The third-order valence-electron chi connectivity index (χ3n) is 4.36. The van der Waals surface area contributed by atoms with E-state index in [9.17, 15) is 9.36 Å². The van der Waals surface area contributed by atoms with Crippen LogP contribution in [0.4, 0.5) is 0 Å². The standard InChI is InChI=1S/C20H26NO4P/c1-17(19-12-8-5-9-13-19)21(14-18-10-6-4-7-11-18)15-20(22)16-26(23,24-2)25-3/h4-13,17H,14-16H2,1-3H3. The van der Waals surface area contributed by atoms with Gasteiger partial charge in [-0.3, -0.25) is 14.3 Å². The largest absolute Gasteiger partial charge is 0.337 e. The second kappa shape index (κ2) is 9.79. The Bertz CT molecular complexity index is 728. The number of ketones is 1. The molecule has 6 heteroatoms. The van der Waals surface area contributed by atoms with E-state index in [1.54, 1.807) is 0 Å². The Morgan fingerprint density at radius 1 is 1.00 bits per heavy atom. The lowest BCUT2D eigenvalue weighted by molar-refractivity contribution is -0.118. The minimum Gasteiger partial charge on any atom is -0.312 e. The van der Waals surface area contributed by atoms with Crippen molar-refractivity contribution in [2.45, 2.75) is 19.5 Å². The molecular formula is C20H26NO4P. The molecule has 0 saturated heterocycles. The molecule has 2 aromatic rings. The van der Waals surface area contributed by atoms with Gasteiger partial charge in [-0.05, 0) is 18.1 Å². The summed E-state index contributed by atoms with van der Waals surface area (Å²) in [6.07, 6.45) is -0.229. The van der Waals surface area contributed by atoms with Gasteiger partial charge in [0.1, 0.15) is 6.16 Å². The Morgan fingerprint density at radius 2 is 1.54 bits per heavy atom. The van der Waals surface area contributed by atoms with Gasteiger partial charge < -0.3 is 9.05 Å². The van der Waals surface area contributed by atoms with Gasteiger partial charge >= 0.3 is 7.60 Å². The van der Waals surface area contributed by atoms with Gasteiger partial charge in [-0.25, -0.2) is 0 Å². The molecular weight excluding hydrogens is 349 g/mol. The van der Waals surface area contributed by atoms with Gasteiger partial charge in [0.05, 0.1) is 6.54 Å². The number of carbonyl (C=O) groups is 1. The molecule has 1 unspecified atom stereocenters. The van der Waals surface area contributed by atoms with Crippen LogP contribution in [-0.2, 0) is 25.0 Å². The average Bonchev–Trinajstić information content (AvgIpc) is 2.68. The monoisotopic (exact) mass is 375 g/mol. The van der Waals surface area contributed by atoms with Crippen LogP contribution >= 0.6 is 7.60 Å². The van der Waals surface area contributed by atoms with E-state index in [4.69, 9.17) is 9.05 Å². The van der Waals surface area contributed by atoms with Crippen molar-refractivity contribution < 1.29 is 18.4 Å². The van der Waals surface area contributed by atoms with Crippen LogP contribution in [-0.4, -0.2) is 37.6 Å². The molecule has 0 amide bonds. The third kappa shape index (κ3) is 5.89. The van der Waals surface area contributed by atoms with Crippen LogP contribution < -0.4 is 0 Å². The van der Waals surface area contributed by atoms with Gasteiger partial charge in [0.15, 0.2) is 5.78 Å². The number of nitrogens with zero attached hydrogens (tertiary/aromatic N) is 1. The zero-order valence-corrected chi connectivity index (χ0v) is 16.4. The molecule has 0 heterocycles. The van der Waals surface area contributed by atoms with Crippen LogP contribution in [0.15, 0.2) is 60.7 Å². The van der Waals surface area contributed by atoms with Crippen molar-refractivity contribution in [2.75, 3.05) is 26.9 Å². The second-order valence-electron chi connectivity index (χ2n) is 6.15. The van der Waals surface area contributed by atoms with E-state index in [-0.39, 0.29) is 24.5 Å². The molecule has 2 rings (SSSR count). The van der Waals surface area contributed by atoms with Crippen LogP contribution in [0.1, 0.15) is 24.1 Å². The predicted molar refractivity (Wildman–Crippen MR) is 103 cm³/mol. The van der Waals surface area contributed by atoms with Gasteiger partial charge in [-0.2, -0.15) is 0 Å². The van der Waals surface area contributed by atoms with Crippen molar-refractivity contribution in [1.82, 2.24) is 4.90 Å². The summed E-state index contributed by atoms with van der Waals surface area (Å²) >= 11 is 0. The summed E-state index contributed by atoms with van der Waals surface area (Å²) in [5, 5.41) is 0. The fourth-order valence-electron chi connectivity index (χ4n) is 2.79. The lowest BCUT2D eigenvalue weighted by Gasteiger charge is -2.29. The zero-order valence-electron chi connectivity index (χ0n) is 15.5. The molecule has 0 spiro atoms. The Labute approximate surface area is 155 Å². The topological polar surface area (TPSA) is 55.8 Å². The van der Waals surface area contributed by atoms with Crippen molar-refractivity contribution in [3.63, 3.8) is 0 Å². The molecule has 140 valence electrons. The summed E-state index contributed by atoms with van der Waals surface area (Å²) < 4.78 is 22.1. The Hall–Kier alpha value is -1.78. The van der Waals surface area contributed by atoms with Crippen LogP contribution in [0.5, 0.6) is 0 Å². The van der Waals surface area contributed by atoms with Crippen LogP contribution in [0.25, 0.3) is 0 Å². The average molecular weight is 375 g/mol. The predicted octanol–water partition coefficient (Wildman–Crippen LogP) is 4.30. The quantitative estimate of drug-likeness (QED) is 0.580. The van der Waals surface area contributed by atoms with Gasteiger partial charge in [-0.1, -0.05) is 60.7 Å². The fraction of sp³-hybridized carbons (Fsp3) is 0.350. The molecule has 0 saturated carbocycles. The van der Waals surface area contributed by atoms with Crippen molar-refractivity contribution in [2.24, 2.45) is 0 Å². The summed E-state index contributed by atoms with van der Waals surface area (Å²) in [5.41, 5.74) is 2.24. The van der Waals surface area contributed by atoms with Crippen LogP contribution in [0, 0.1) is 0 Å². The van der Waals surface area contributed by atoms with E-state index < -0.39 is 7.60 Å². The summed E-state index contributed by atoms with van der Waals surface area (Å²) in [6, 6.07) is 20.0. The normalized spacial score (nSPS) is 12.9. The fourth-order valence-corrected chi connectivity index (χ4v) is 3.73. The lowest BCUT2D eigenvalue weighted by Crippen LogP contribution is -2.33. The minimum atomic E-state index is -3.35. The molecule has 0 aromatic heterocycles. The van der Waals surface area contributed by atoms with Crippen molar-refractivity contribution in [3.8, 4) is 0 Å². The number of Topliss-reactive ketones (excluding diaryl/α,β-unsaturated/α-hetero) is 1. The first-order chi connectivity index (χ1) is 12.5. The molecule has 0 bridgehead atoms. The molecule has 0 N–H and O–H groups in total. The van der Waals surface area contributed by atoms with Crippen molar-refractivity contribution in [3.05, 3.63) is 71.8 Å². The Kier molecular flexibility index (Phi) is 7.73. The summed E-state index contributed by atoms with van der Waals surface area (Å²) in [5.74, 6) is -0.171. The summed E-state index contributed by atoms with van der Waals surface area (Å²) in [6.45, 7) is 2.85. The van der Waals surface area contributed by atoms with E-state index in [0.717, 1.165) is 11.1 Å². The van der Waals surface area contributed by atoms with E-state index >= 15 is 0 Å². The number of benzene rings is 2. The maximum Gasteiger partial charge on any atom is 0.337 e. The first-order valence-corrected chi connectivity index (χ1v) is 10.3. The van der Waals surface area contributed by atoms with E-state index in [2.05, 4.69) is 11.8 Å². The molecule has 0 aliphatic rings. The van der Waals surface area contributed by atoms with Gasteiger partial charge in [-0.15, -0.1) is 0 Å². The lowest BCUT2D eigenvalue weighted by atomic mass is 10.1. The molecule has 0 aliphatic carbocycles. The number of carbonyl (C=O) groups excluding carboxylic acids is 1. The van der Waals surface area contributed by atoms with Crippen molar-refractivity contribution >= 4 is 13.4 Å². The number of hydrogen-bond acceptors (Lipinski definition) is 5. The maximum atomic E-state index is 12.5. The van der Waals surface area contributed by atoms with Crippen LogP contribution in [0.2, 0.25) is 0 Å². The minimum absolute atomic E-state index is 0.0323.